The van der Waals surface area contributed by atoms with Crippen molar-refractivity contribution in [3.63, 3.8) is 0 Å². The number of nitrogens with one attached hydrogen (secondary N) is 1. The van der Waals surface area contributed by atoms with Crippen molar-refractivity contribution in [1.29, 1.82) is 0 Å². The zero-order valence-electron chi connectivity index (χ0n) is 14.5. The lowest BCUT2D eigenvalue weighted by Crippen LogP contribution is -2.42. The topological polar surface area (TPSA) is 88.9 Å². The number of hydrogen-bond donors (Lipinski definition) is 1. The van der Waals surface area contributed by atoms with E-state index in [0.29, 0.717) is 37.1 Å². The average molecular weight is 344 g/mol. The molecule has 25 heavy (non-hydrogen) atoms. The number of morpholine rings is 1. The first-order valence-electron chi connectivity index (χ1n) is 9.04. The van der Waals surface area contributed by atoms with E-state index in [2.05, 4.69) is 20.3 Å². The number of amides is 1. The summed E-state index contributed by atoms with van der Waals surface area (Å²) in [5.74, 6) is 1.35. The Morgan fingerprint density at radius 3 is 2.92 bits per heavy atom. The van der Waals surface area contributed by atoms with Crippen molar-refractivity contribution < 1.29 is 9.53 Å². The standard InChI is InChI=1S/C17H24N6O2/c1-12-19-16(21-20-12)15-11-22(7-8-25-15)17(24)13-9-18-23(10-13)14-5-3-2-4-6-14/h9-10,14-15H,2-8,11H2,1H3,(H,19,20,21)/t15-/m1/s1. The van der Waals surface area contributed by atoms with Gasteiger partial charge >= 0.3 is 0 Å². The number of H-pyrrole nitrogens is 1. The number of nitrogens with zero attached hydrogens (tertiary/aromatic N) is 5. The minimum absolute atomic E-state index is 0.00242. The zero-order valence-corrected chi connectivity index (χ0v) is 14.5. The molecule has 1 saturated heterocycles. The van der Waals surface area contributed by atoms with Gasteiger partial charge in [0.05, 0.1) is 31.0 Å². The molecule has 2 aliphatic rings. The van der Waals surface area contributed by atoms with E-state index in [0.717, 1.165) is 18.7 Å². The van der Waals surface area contributed by atoms with Crippen molar-refractivity contribution in [2.24, 2.45) is 0 Å². The molecular weight excluding hydrogens is 320 g/mol. The Morgan fingerprint density at radius 2 is 2.16 bits per heavy atom. The van der Waals surface area contributed by atoms with Gasteiger partial charge in [0.15, 0.2) is 5.82 Å². The Labute approximate surface area is 146 Å². The number of rotatable bonds is 3. The molecule has 3 heterocycles. The van der Waals surface area contributed by atoms with Crippen LogP contribution in [0.2, 0.25) is 0 Å². The monoisotopic (exact) mass is 344 g/mol. The van der Waals surface area contributed by atoms with Gasteiger partial charge in [-0.15, -0.1) is 0 Å². The van der Waals surface area contributed by atoms with Crippen LogP contribution in [0.25, 0.3) is 0 Å². The van der Waals surface area contributed by atoms with Gasteiger partial charge in [0.2, 0.25) is 0 Å². The maximum Gasteiger partial charge on any atom is 0.257 e. The van der Waals surface area contributed by atoms with E-state index in [1.54, 1.807) is 6.20 Å². The summed E-state index contributed by atoms with van der Waals surface area (Å²) in [7, 11) is 0. The molecule has 0 unspecified atom stereocenters. The van der Waals surface area contributed by atoms with Gasteiger partial charge in [-0.25, -0.2) is 4.98 Å². The van der Waals surface area contributed by atoms with E-state index in [1.165, 1.54) is 19.3 Å². The number of carbonyl (C=O) groups is 1. The molecule has 8 nitrogen and oxygen atoms in total. The highest BCUT2D eigenvalue weighted by Gasteiger charge is 2.29. The van der Waals surface area contributed by atoms with Crippen LogP contribution >= 0.6 is 0 Å². The lowest BCUT2D eigenvalue weighted by molar-refractivity contribution is -0.0266. The molecular formula is C17H24N6O2. The van der Waals surface area contributed by atoms with Crippen LogP contribution in [0.1, 0.15) is 66.3 Å². The molecule has 1 aliphatic carbocycles. The first-order chi connectivity index (χ1) is 12.2. The third-order valence-electron chi connectivity index (χ3n) is 5.05. The van der Waals surface area contributed by atoms with Gasteiger partial charge in [0.1, 0.15) is 11.9 Å². The van der Waals surface area contributed by atoms with E-state index in [1.807, 2.05) is 22.7 Å². The number of aromatic amines is 1. The molecule has 2 aromatic rings. The van der Waals surface area contributed by atoms with Crippen LogP contribution in [0, 0.1) is 6.92 Å². The number of hydrogen-bond acceptors (Lipinski definition) is 5. The van der Waals surface area contributed by atoms with Gasteiger partial charge in [-0.2, -0.15) is 10.2 Å². The lowest BCUT2D eigenvalue weighted by Gasteiger charge is -2.31. The average Bonchev–Trinajstić information content (AvgIpc) is 3.31. The predicted octanol–water partition coefficient (Wildman–Crippen LogP) is 2.03. The summed E-state index contributed by atoms with van der Waals surface area (Å²) < 4.78 is 7.71. The molecule has 1 N–H and O–H groups in total. The Bertz CT molecular complexity index is 733. The fourth-order valence-electron chi connectivity index (χ4n) is 3.67. The SMILES string of the molecule is Cc1nc([C@H]2CN(C(=O)c3cnn(C4CCCCC4)c3)CCO2)n[nH]1. The van der Waals surface area contributed by atoms with Gasteiger partial charge in [0, 0.05) is 12.7 Å². The highest BCUT2D eigenvalue weighted by molar-refractivity contribution is 5.93. The highest BCUT2D eigenvalue weighted by atomic mass is 16.5. The molecule has 0 spiro atoms. The van der Waals surface area contributed by atoms with E-state index in [4.69, 9.17) is 4.74 Å². The Kier molecular flexibility index (Phi) is 4.52. The smallest absolute Gasteiger partial charge is 0.257 e. The molecule has 1 aliphatic heterocycles. The quantitative estimate of drug-likeness (QED) is 0.920. The molecule has 0 aromatic carbocycles. The first kappa shape index (κ1) is 16.3. The first-order valence-corrected chi connectivity index (χ1v) is 9.04. The second-order valence-electron chi connectivity index (χ2n) is 6.89. The summed E-state index contributed by atoms with van der Waals surface area (Å²) in [4.78, 5) is 19.0. The maximum atomic E-state index is 12.8. The minimum Gasteiger partial charge on any atom is -0.366 e. The minimum atomic E-state index is -0.281. The van der Waals surface area contributed by atoms with Crippen LogP contribution in [-0.4, -0.2) is 55.5 Å². The summed E-state index contributed by atoms with van der Waals surface area (Å²) in [6, 6.07) is 0.434. The van der Waals surface area contributed by atoms with Crippen molar-refractivity contribution in [3.8, 4) is 0 Å². The summed E-state index contributed by atoms with van der Waals surface area (Å²) in [5, 5.41) is 11.4. The summed E-state index contributed by atoms with van der Waals surface area (Å²) in [6.07, 6.45) is 9.41. The predicted molar refractivity (Wildman–Crippen MR) is 90.1 cm³/mol. The summed E-state index contributed by atoms with van der Waals surface area (Å²) in [6.45, 7) is 3.38. The van der Waals surface area contributed by atoms with Crippen LogP contribution < -0.4 is 0 Å². The van der Waals surface area contributed by atoms with Crippen LogP contribution in [0.4, 0.5) is 0 Å². The molecule has 2 fully saturated rings. The van der Waals surface area contributed by atoms with Crippen LogP contribution in [0.5, 0.6) is 0 Å². The number of aromatic nitrogens is 5. The van der Waals surface area contributed by atoms with E-state index in [9.17, 15) is 4.79 Å². The lowest BCUT2D eigenvalue weighted by atomic mass is 9.96. The van der Waals surface area contributed by atoms with Crippen molar-refractivity contribution in [1.82, 2.24) is 29.9 Å². The van der Waals surface area contributed by atoms with E-state index in [-0.39, 0.29) is 12.0 Å². The third kappa shape index (κ3) is 3.44. The van der Waals surface area contributed by atoms with Crippen LogP contribution in [0.3, 0.4) is 0 Å². The molecule has 1 amide bonds. The zero-order chi connectivity index (χ0) is 17.2. The van der Waals surface area contributed by atoms with Crippen molar-refractivity contribution in [3.05, 3.63) is 29.6 Å². The van der Waals surface area contributed by atoms with Crippen LogP contribution in [-0.2, 0) is 4.74 Å². The Balaban J connectivity index is 1.44. The molecule has 8 heteroatoms. The highest BCUT2D eigenvalue weighted by Crippen LogP contribution is 2.28. The molecule has 4 rings (SSSR count). The van der Waals surface area contributed by atoms with Gasteiger partial charge in [-0.3, -0.25) is 14.6 Å². The van der Waals surface area contributed by atoms with Gasteiger partial charge in [-0.05, 0) is 19.8 Å². The Morgan fingerprint density at radius 1 is 1.32 bits per heavy atom. The van der Waals surface area contributed by atoms with Crippen molar-refractivity contribution in [2.45, 2.75) is 51.2 Å². The maximum absolute atomic E-state index is 12.8. The van der Waals surface area contributed by atoms with E-state index < -0.39 is 0 Å². The molecule has 0 bridgehead atoms. The summed E-state index contributed by atoms with van der Waals surface area (Å²) >= 11 is 0. The second kappa shape index (κ2) is 6.95. The fourth-order valence-corrected chi connectivity index (χ4v) is 3.67. The van der Waals surface area contributed by atoms with Gasteiger partial charge in [-0.1, -0.05) is 19.3 Å². The van der Waals surface area contributed by atoms with E-state index >= 15 is 0 Å². The molecule has 0 radical (unpaired) electrons. The third-order valence-corrected chi connectivity index (χ3v) is 5.05. The Hall–Kier alpha value is -2.22. The molecule has 2 aromatic heterocycles. The van der Waals surface area contributed by atoms with Crippen molar-refractivity contribution in [2.75, 3.05) is 19.7 Å². The molecule has 134 valence electrons. The molecule has 1 atom stereocenters. The molecule has 1 saturated carbocycles. The summed E-state index contributed by atoms with van der Waals surface area (Å²) in [5.41, 5.74) is 0.650. The number of carbonyl (C=O) groups excluding carboxylic acids is 1. The van der Waals surface area contributed by atoms with Gasteiger partial charge in [0.25, 0.3) is 5.91 Å². The normalized spacial score (nSPS) is 22.3. The second-order valence-corrected chi connectivity index (χ2v) is 6.89. The number of aryl methyl sites for hydroxylation is 1. The largest absolute Gasteiger partial charge is 0.366 e. The van der Waals surface area contributed by atoms with Crippen LogP contribution in [0.15, 0.2) is 12.4 Å². The fraction of sp³-hybridized carbons (Fsp3) is 0.647. The van der Waals surface area contributed by atoms with Crippen molar-refractivity contribution >= 4 is 5.91 Å². The number of ether oxygens (including phenoxy) is 1. The van der Waals surface area contributed by atoms with Gasteiger partial charge < -0.3 is 9.64 Å².